The van der Waals surface area contributed by atoms with Crippen LogP contribution in [0.25, 0.3) is 0 Å². The zero-order valence-electron chi connectivity index (χ0n) is 11.3. The van der Waals surface area contributed by atoms with E-state index < -0.39 is 11.7 Å². The molecule has 5 heteroatoms. The largest absolute Gasteiger partial charge is 0.416 e. The van der Waals surface area contributed by atoms with Crippen molar-refractivity contribution in [2.75, 3.05) is 0 Å². The summed E-state index contributed by atoms with van der Waals surface area (Å²) < 4.78 is 40.2. The molecule has 0 bridgehead atoms. The van der Waals surface area contributed by atoms with Gasteiger partial charge in [0.2, 0.25) is 0 Å². The van der Waals surface area contributed by atoms with Gasteiger partial charge < -0.3 is 4.72 Å². The van der Waals surface area contributed by atoms with Crippen LogP contribution in [0.3, 0.4) is 0 Å². The van der Waals surface area contributed by atoms with Crippen LogP contribution in [0.5, 0.6) is 0 Å². The van der Waals surface area contributed by atoms with Crippen LogP contribution in [0.15, 0.2) is 41.4 Å². The maximum atomic E-state index is 12.4. The van der Waals surface area contributed by atoms with Crippen LogP contribution in [0.4, 0.5) is 13.2 Å². The molecular formula is C14H18F3NS. The van der Waals surface area contributed by atoms with Crippen molar-refractivity contribution in [3.8, 4) is 0 Å². The van der Waals surface area contributed by atoms with Crippen molar-refractivity contribution in [2.24, 2.45) is 5.41 Å². The van der Waals surface area contributed by atoms with E-state index in [1.165, 1.54) is 24.1 Å². The fraction of sp³-hybridized carbons (Fsp3) is 0.429. The van der Waals surface area contributed by atoms with E-state index in [-0.39, 0.29) is 5.41 Å². The Morgan fingerprint density at radius 2 is 1.68 bits per heavy atom. The summed E-state index contributed by atoms with van der Waals surface area (Å²) in [6, 6.07) is 5.06. The molecule has 0 aliphatic rings. The summed E-state index contributed by atoms with van der Waals surface area (Å²) in [6.45, 7) is 10.2. The Kier molecular flexibility index (Phi) is 4.96. The molecule has 1 aromatic rings. The fourth-order valence-corrected chi connectivity index (χ4v) is 2.13. The Hall–Kier alpha value is -1.10. The Morgan fingerprint density at radius 1 is 1.16 bits per heavy atom. The van der Waals surface area contributed by atoms with Gasteiger partial charge in [-0.05, 0) is 48.0 Å². The van der Waals surface area contributed by atoms with Crippen molar-refractivity contribution in [3.63, 3.8) is 0 Å². The predicted molar refractivity (Wildman–Crippen MR) is 73.6 cm³/mol. The molecule has 0 aromatic heterocycles. The van der Waals surface area contributed by atoms with Gasteiger partial charge in [-0.3, -0.25) is 0 Å². The molecule has 0 unspecified atom stereocenters. The Bertz CT molecular complexity index is 429. The van der Waals surface area contributed by atoms with E-state index in [4.69, 9.17) is 0 Å². The van der Waals surface area contributed by atoms with Crippen LogP contribution in [0.1, 0.15) is 32.8 Å². The first-order valence-corrected chi connectivity index (χ1v) is 6.67. The molecule has 1 aromatic carbocycles. The number of rotatable bonds is 4. The normalized spacial score (nSPS) is 12.3. The van der Waals surface area contributed by atoms with Crippen LogP contribution in [0.2, 0.25) is 0 Å². The minimum absolute atomic E-state index is 0.130. The molecule has 1 rings (SSSR count). The molecule has 1 nitrogen and oxygen atoms in total. The summed E-state index contributed by atoms with van der Waals surface area (Å²) in [6.07, 6.45) is -3.48. The van der Waals surface area contributed by atoms with Gasteiger partial charge in [0.15, 0.2) is 0 Å². The van der Waals surface area contributed by atoms with Gasteiger partial charge in [-0.15, -0.1) is 0 Å². The Labute approximate surface area is 116 Å². The third-order valence-electron chi connectivity index (χ3n) is 2.24. The molecule has 0 spiro atoms. The topological polar surface area (TPSA) is 12.0 Å². The lowest BCUT2D eigenvalue weighted by Crippen LogP contribution is -2.12. The minimum Gasteiger partial charge on any atom is -0.330 e. The summed E-state index contributed by atoms with van der Waals surface area (Å²) >= 11 is 1.27. The molecule has 0 saturated heterocycles. The molecule has 106 valence electrons. The van der Waals surface area contributed by atoms with E-state index in [0.29, 0.717) is 0 Å². The maximum Gasteiger partial charge on any atom is 0.416 e. The molecule has 0 fully saturated rings. The first-order valence-electron chi connectivity index (χ1n) is 5.86. The van der Waals surface area contributed by atoms with E-state index in [1.807, 2.05) is 0 Å². The van der Waals surface area contributed by atoms with Gasteiger partial charge in [-0.2, -0.15) is 13.2 Å². The summed E-state index contributed by atoms with van der Waals surface area (Å²) in [5.41, 5.74) is 0.355. The number of benzene rings is 1. The summed E-state index contributed by atoms with van der Waals surface area (Å²) in [7, 11) is 0. The van der Waals surface area contributed by atoms with Gasteiger partial charge in [-0.1, -0.05) is 27.4 Å². The number of hydrogen-bond acceptors (Lipinski definition) is 2. The highest BCUT2D eigenvalue weighted by Crippen LogP contribution is 2.30. The van der Waals surface area contributed by atoms with Crippen molar-refractivity contribution in [3.05, 3.63) is 42.1 Å². The molecule has 1 N–H and O–H groups in total. The molecule has 0 heterocycles. The maximum absolute atomic E-state index is 12.4. The second kappa shape index (κ2) is 5.90. The van der Waals surface area contributed by atoms with Crippen LogP contribution < -0.4 is 4.72 Å². The second-order valence-corrected chi connectivity index (χ2v) is 6.45. The number of alkyl halides is 3. The SMILES string of the molecule is C=C(CC(C)(C)C)NSc1ccc(C(F)(F)F)cc1. The van der Waals surface area contributed by atoms with Crippen molar-refractivity contribution in [1.29, 1.82) is 0 Å². The molecular weight excluding hydrogens is 271 g/mol. The third kappa shape index (κ3) is 6.05. The van der Waals surface area contributed by atoms with Gasteiger partial charge in [0, 0.05) is 10.6 Å². The predicted octanol–water partition coefficient (Wildman–Crippen LogP) is 5.25. The van der Waals surface area contributed by atoms with E-state index in [9.17, 15) is 13.2 Å². The molecule has 0 atom stereocenters. The molecule has 0 amide bonds. The van der Waals surface area contributed by atoms with Gasteiger partial charge in [-0.25, -0.2) is 0 Å². The van der Waals surface area contributed by atoms with E-state index >= 15 is 0 Å². The highest BCUT2D eigenvalue weighted by atomic mass is 32.2. The molecule has 19 heavy (non-hydrogen) atoms. The number of nitrogens with one attached hydrogen (secondary N) is 1. The van der Waals surface area contributed by atoms with Crippen LogP contribution in [0, 0.1) is 5.41 Å². The fourth-order valence-electron chi connectivity index (χ4n) is 1.52. The van der Waals surface area contributed by atoms with E-state index in [1.54, 1.807) is 0 Å². The van der Waals surface area contributed by atoms with E-state index in [2.05, 4.69) is 32.1 Å². The second-order valence-electron chi connectivity index (χ2n) is 5.57. The highest BCUT2D eigenvalue weighted by molar-refractivity contribution is 7.97. The zero-order chi connectivity index (χ0) is 14.7. The number of hydrogen-bond donors (Lipinski definition) is 1. The average molecular weight is 289 g/mol. The first-order chi connectivity index (χ1) is 8.58. The number of halogens is 3. The smallest absolute Gasteiger partial charge is 0.330 e. The molecule has 0 radical (unpaired) electrons. The van der Waals surface area contributed by atoms with Crippen molar-refractivity contribution in [2.45, 2.75) is 38.3 Å². The third-order valence-corrected chi connectivity index (χ3v) is 3.14. The Morgan fingerprint density at radius 3 is 2.11 bits per heavy atom. The summed E-state index contributed by atoms with van der Waals surface area (Å²) in [5.74, 6) is 0. The van der Waals surface area contributed by atoms with Crippen LogP contribution >= 0.6 is 11.9 Å². The Balaban J connectivity index is 2.53. The van der Waals surface area contributed by atoms with Gasteiger partial charge in [0.25, 0.3) is 0 Å². The standard InChI is InChI=1S/C14H18F3NS/c1-10(9-13(2,3)4)18-19-12-7-5-11(6-8-12)14(15,16)17/h5-8,18H,1,9H2,2-4H3. The molecule has 0 aliphatic heterocycles. The number of allylic oxidation sites excluding steroid dienone is 1. The molecule has 0 aliphatic carbocycles. The van der Waals surface area contributed by atoms with E-state index in [0.717, 1.165) is 29.1 Å². The van der Waals surface area contributed by atoms with Crippen LogP contribution in [-0.2, 0) is 6.18 Å². The van der Waals surface area contributed by atoms with Crippen molar-refractivity contribution < 1.29 is 13.2 Å². The summed E-state index contributed by atoms with van der Waals surface area (Å²) in [4.78, 5) is 0.725. The van der Waals surface area contributed by atoms with Crippen molar-refractivity contribution >= 4 is 11.9 Å². The van der Waals surface area contributed by atoms with Gasteiger partial charge in [0.05, 0.1) is 5.56 Å². The van der Waals surface area contributed by atoms with Gasteiger partial charge >= 0.3 is 6.18 Å². The quantitative estimate of drug-likeness (QED) is 0.759. The average Bonchev–Trinajstić information content (AvgIpc) is 2.23. The first kappa shape index (κ1) is 16.0. The van der Waals surface area contributed by atoms with Crippen LogP contribution in [-0.4, -0.2) is 0 Å². The minimum atomic E-state index is -4.29. The lowest BCUT2D eigenvalue weighted by Gasteiger charge is -2.20. The van der Waals surface area contributed by atoms with Crippen molar-refractivity contribution in [1.82, 2.24) is 4.72 Å². The lowest BCUT2D eigenvalue weighted by atomic mass is 9.91. The summed E-state index contributed by atoms with van der Waals surface area (Å²) in [5, 5.41) is 0. The highest BCUT2D eigenvalue weighted by Gasteiger charge is 2.29. The zero-order valence-corrected chi connectivity index (χ0v) is 12.1. The monoisotopic (exact) mass is 289 g/mol. The van der Waals surface area contributed by atoms with Gasteiger partial charge in [0.1, 0.15) is 0 Å². The lowest BCUT2D eigenvalue weighted by molar-refractivity contribution is -0.137. The molecule has 0 saturated carbocycles.